The summed E-state index contributed by atoms with van der Waals surface area (Å²) in [7, 11) is 0. The summed E-state index contributed by atoms with van der Waals surface area (Å²) in [5.74, 6) is -0.0461. The number of aliphatic hydroxyl groups is 1. The van der Waals surface area contributed by atoms with Crippen molar-refractivity contribution >= 4 is 0 Å². The molecule has 0 aliphatic heterocycles. The molecule has 3 nitrogen and oxygen atoms in total. The largest absolute Gasteiger partial charge is 0.454 e. The maximum atomic E-state index is 13.7. The van der Waals surface area contributed by atoms with E-state index in [-0.39, 0.29) is 11.3 Å². The van der Waals surface area contributed by atoms with Crippen molar-refractivity contribution in [2.45, 2.75) is 19.4 Å². The molecule has 0 saturated heterocycles. The Hall–Kier alpha value is -2.38. The summed E-state index contributed by atoms with van der Waals surface area (Å²) in [4.78, 5) is 0. The van der Waals surface area contributed by atoms with Crippen molar-refractivity contribution < 1.29 is 14.2 Å². The van der Waals surface area contributed by atoms with Crippen LogP contribution in [0.2, 0.25) is 0 Å². The smallest absolute Gasteiger partial charge is 0.167 e. The quantitative estimate of drug-likeness (QED) is 0.916. The number of hydrogen-bond acceptors (Lipinski definition) is 3. The molecule has 102 valence electrons. The zero-order valence-electron chi connectivity index (χ0n) is 11.0. The molecule has 0 aromatic heterocycles. The second-order valence-electron chi connectivity index (χ2n) is 4.35. The van der Waals surface area contributed by atoms with Crippen molar-refractivity contribution in [3.8, 4) is 17.6 Å². The highest BCUT2D eigenvalue weighted by atomic mass is 19.1. The summed E-state index contributed by atoms with van der Waals surface area (Å²) in [6, 6.07) is 12.7. The van der Waals surface area contributed by atoms with Gasteiger partial charge in [0.25, 0.3) is 0 Å². The normalized spacial score (nSPS) is 11.7. The summed E-state index contributed by atoms with van der Waals surface area (Å²) in [6.07, 6.45) is 0.125. The molecule has 2 rings (SSSR count). The number of rotatable bonds is 4. The first-order valence-electron chi connectivity index (χ1n) is 6.29. The molecule has 0 aliphatic rings. The summed E-state index contributed by atoms with van der Waals surface area (Å²) >= 11 is 0. The lowest BCUT2D eigenvalue weighted by Gasteiger charge is -2.10. The van der Waals surface area contributed by atoms with E-state index < -0.39 is 11.9 Å². The van der Waals surface area contributed by atoms with Gasteiger partial charge in [0.1, 0.15) is 5.75 Å². The Morgan fingerprint density at radius 3 is 2.50 bits per heavy atom. The van der Waals surface area contributed by atoms with Gasteiger partial charge in [-0.05, 0) is 42.3 Å². The predicted octanol–water partition coefficient (Wildman–Crippen LogP) is 3.93. The van der Waals surface area contributed by atoms with Crippen molar-refractivity contribution in [2.75, 3.05) is 0 Å². The number of benzene rings is 2. The maximum absolute atomic E-state index is 13.7. The Morgan fingerprint density at radius 1 is 1.25 bits per heavy atom. The molecule has 0 unspecified atom stereocenters. The van der Waals surface area contributed by atoms with Crippen molar-refractivity contribution in [2.24, 2.45) is 0 Å². The standard InChI is InChI=1S/C16H14FNO2/c1-2-15(19)12-4-6-13(7-5-12)20-16-8-3-11(10-18)9-14(16)17/h3-9,15,19H,2H2,1H3/t15-/m0/s1. The zero-order chi connectivity index (χ0) is 14.5. The van der Waals surface area contributed by atoms with Gasteiger partial charge in [-0.1, -0.05) is 19.1 Å². The first kappa shape index (κ1) is 14.0. The van der Waals surface area contributed by atoms with Gasteiger partial charge in [-0.2, -0.15) is 5.26 Å². The average Bonchev–Trinajstić information content (AvgIpc) is 2.49. The van der Waals surface area contributed by atoms with E-state index in [9.17, 15) is 9.50 Å². The van der Waals surface area contributed by atoms with Crippen molar-refractivity contribution in [1.29, 1.82) is 5.26 Å². The van der Waals surface area contributed by atoms with Gasteiger partial charge in [0.05, 0.1) is 17.7 Å². The lowest BCUT2D eigenvalue weighted by Crippen LogP contribution is -1.95. The Kier molecular flexibility index (Phi) is 4.34. The minimum Gasteiger partial charge on any atom is -0.454 e. The molecule has 20 heavy (non-hydrogen) atoms. The second kappa shape index (κ2) is 6.18. The lowest BCUT2D eigenvalue weighted by molar-refractivity contribution is 0.173. The van der Waals surface area contributed by atoms with Gasteiger partial charge in [-0.3, -0.25) is 0 Å². The van der Waals surface area contributed by atoms with Crippen LogP contribution in [-0.4, -0.2) is 5.11 Å². The number of ether oxygens (including phenoxy) is 1. The number of hydrogen-bond donors (Lipinski definition) is 1. The Morgan fingerprint density at radius 2 is 1.95 bits per heavy atom. The molecule has 1 atom stereocenters. The van der Waals surface area contributed by atoms with Gasteiger partial charge in [-0.15, -0.1) is 0 Å². The molecule has 2 aromatic rings. The molecule has 0 bridgehead atoms. The van der Waals surface area contributed by atoms with E-state index in [0.29, 0.717) is 12.2 Å². The fraction of sp³-hybridized carbons (Fsp3) is 0.188. The van der Waals surface area contributed by atoms with Gasteiger partial charge in [-0.25, -0.2) is 4.39 Å². The minimum absolute atomic E-state index is 0.0628. The Bertz CT molecular complexity index is 632. The topological polar surface area (TPSA) is 53.2 Å². The van der Waals surface area contributed by atoms with E-state index in [4.69, 9.17) is 10.00 Å². The van der Waals surface area contributed by atoms with Crippen LogP contribution < -0.4 is 4.74 Å². The fourth-order valence-electron chi connectivity index (χ4n) is 1.77. The van der Waals surface area contributed by atoms with Crippen molar-refractivity contribution in [3.05, 3.63) is 59.4 Å². The molecule has 0 heterocycles. The number of nitriles is 1. The van der Waals surface area contributed by atoms with Crippen LogP contribution in [0, 0.1) is 17.1 Å². The molecule has 0 amide bonds. The van der Waals surface area contributed by atoms with Gasteiger partial charge in [0, 0.05) is 0 Å². The molecule has 0 fully saturated rings. The van der Waals surface area contributed by atoms with Gasteiger partial charge in [0.2, 0.25) is 0 Å². The third-order valence-corrected chi connectivity index (χ3v) is 2.94. The van der Waals surface area contributed by atoms with E-state index in [2.05, 4.69) is 0 Å². The molecule has 4 heteroatoms. The molecule has 0 spiro atoms. The average molecular weight is 271 g/mol. The predicted molar refractivity (Wildman–Crippen MR) is 72.9 cm³/mol. The highest BCUT2D eigenvalue weighted by molar-refractivity contribution is 5.39. The zero-order valence-corrected chi connectivity index (χ0v) is 11.0. The Labute approximate surface area is 116 Å². The maximum Gasteiger partial charge on any atom is 0.167 e. The molecule has 0 aliphatic carbocycles. The molecule has 0 saturated carbocycles. The van der Waals surface area contributed by atoms with Crippen LogP contribution in [0.15, 0.2) is 42.5 Å². The van der Waals surface area contributed by atoms with E-state index in [1.807, 2.05) is 13.0 Å². The van der Waals surface area contributed by atoms with Crippen LogP contribution >= 0.6 is 0 Å². The van der Waals surface area contributed by atoms with E-state index >= 15 is 0 Å². The summed E-state index contributed by atoms with van der Waals surface area (Å²) in [5.41, 5.74) is 1.04. The van der Waals surface area contributed by atoms with Crippen molar-refractivity contribution in [3.63, 3.8) is 0 Å². The summed E-state index contributed by atoms with van der Waals surface area (Å²) < 4.78 is 19.1. The fourth-order valence-corrected chi connectivity index (χ4v) is 1.77. The van der Waals surface area contributed by atoms with Crippen molar-refractivity contribution in [1.82, 2.24) is 0 Å². The third kappa shape index (κ3) is 3.14. The van der Waals surface area contributed by atoms with Crippen LogP contribution in [0.4, 0.5) is 4.39 Å². The van der Waals surface area contributed by atoms with Crippen LogP contribution in [0.5, 0.6) is 11.5 Å². The van der Waals surface area contributed by atoms with E-state index in [1.54, 1.807) is 24.3 Å². The number of nitrogens with zero attached hydrogens (tertiary/aromatic N) is 1. The van der Waals surface area contributed by atoms with E-state index in [0.717, 1.165) is 11.6 Å². The molecule has 1 N–H and O–H groups in total. The third-order valence-electron chi connectivity index (χ3n) is 2.94. The van der Waals surface area contributed by atoms with Gasteiger partial charge < -0.3 is 9.84 Å². The number of aliphatic hydroxyl groups excluding tert-OH is 1. The highest BCUT2D eigenvalue weighted by Gasteiger charge is 2.08. The molecular formula is C16H14FNO2. The van der Waals surface area contributed by atoms with E-state index in [1.165, 1.54) is 12.1 Å². The van der Waals surface area contributed by atoms with Crippen LogP contribution in [-0.2, 0) is 0 Å². The highest BCUT2D eigenvalue weighted by Crippen LogP contribution is 2.26. The first-order chi connectivity index (χ1) is 9.63. The summed E-state index contributed by atoms with van der Waals surface area (Å²) in [6.45, 7) is 1.89. The van der Waals surface area contributed by atoms with Gasteiger partial charge in [0.15, 0.2) is 11.6 Å². The second-order valence-corrected chi connectivity index (χ2v) is 4.35. The Balaban J connectivity index is 2.16. The molecule has 2 aromatic carbocycles. The van der Waals surface area contributed by atoms with Crippen LogP contribution in [0.1, 0.15) is 30.6 Å². The lowest BCUT2D eigenvalue weighted by atomic mass is 10.1. The number of halogens is 1. The molecular weight excluding hydrogens is 257 g/mol. The first-order valence-corrected chi connectivity index (χ1v) is 6.29. The molecule has 0 radical (unpaired) electrons. The van der Waals surface area contributed by atoms with Crippen LogP contribution in [0.3, 0.4) is 0 Å². The van der Waals surface area contributed by atoms with Gasteiger partial charge >= 0.3 is 0 Å². The monoisotopic (exact) mass is 271 g/mol. The summed E-state index contributed by atoms with van der Waals surface area (Å²) in [5, 5.41) is 18.3. The minimum atomic E-state index is -0.582. The van der Waals surface area contributed by atoms with Crippen LogP contribution in [0.25, 0.3) is 0 Å². The SMILES string of the molecule is CC[C@H](O)c1ccc(Oc2ccc(C#N)cc2F)cc1.